The molecule has 0 bridgehead atoms. The Morgan fingerprint density at radius 1 is 1.10 bits per heavy atom. The Bertz CT molecular complexity index is 753. The number of pyridine rings is 1. The van der Waals surface area contributed by atoms with E-state index >= 15 is 0 Å². The van der Waals surface area contributed by atoms with Crippen molar-refractivity contribution in [2.45, 2.75) is 13.0 Å². The Hall–Kier alpha value is -2.50. The molecule has 0 aliphatic rings. The quantitative estimate of drug-likeness (QED) is 0.798. The second kappa shape index (κ2) is 4.88. The summed E-state index contributed by atoms with van der Waals surface area (Å²) in [4.78, 5) is 7.98. The number of hydrogen-bond donors (Lipinski definition) is 1. The Labute approximate surface area is 113 Å². The lowest BCUT2D eigenvalue weighted by molar-refractivity contribution is 0.511. The fourth-order valence-corrected chi connectivity index (χ4v) is 2.19. The van der Waals surface area contributed by atoms with Gasteiger partial charge in [0.25, 0.3) is 0 Å². The highest BCUT2D eigenvalue weighted by atomic mass is 19.2. The molecular weight excluding hydrogens is 262 g/mol. The van der Waals surface area contributed by atoms with Crippen LogP contribution in [0, 0.1) is 11.6 Å². The number of nitrogens with zero attached hydrogens (tertiary/aromatic N) is 3. The molecule has 0 amide bonds. The number of nitrogens with two attached hydrogens (primary N) is 1. The minimum Gasteiger partial charge on any atom is -0.369 e. The largest absolute Gasteiger partial charge is 0.369 e. The molecule has 0 spiro atoms. The minimum atomic E-state index is -0.915. The molecule has 3 aromatic rings. The van der Waals surface area contributed by atoms with Gasteiger partial charge in [-0.3, -0.25) is 4.98 Å². The second-order valence-corrected chi connectivity index (χ2v) is 4.46. The van der Waals surface area contributed by atoms with Crippen molar-refractivity contribution >= 4 is 17.0 Å². The molecule has 0 aliphatic heterocycles. The number of fused-ring (bicyclic) bond motifs is 1. The summed E-state index contributed by atoms with van der Waals surface area (Å²) in [6.45, 7) is 0.423. The van der Waals surface area contributed by atoms with Crippen molar-refractivity contribution in [2.75, 3.05) is 5.73 Å². The summed E-state index contributed by atoms with van der Waals surface area (Å²) in [5, 5.41) is 0. The molecule has 0 atom stereocenters. The third kappa shape index (κ3) is 2.09. The van der Waals surface area contributed by atoms with Gasteiger partial charge in [0.05, 0.1) is 5.52 Å². The summed E-state index contributed by atoms with van der Waals surface area (Å²) in [5.41, 5.74) is 7.29. The second-order valence-electron chi connectivity index (χ2n) is 4.46. The molecule has 1 aromatic carbocycles. The Balaban J connectivity index is 1.99. The summed E-state index contributed by atoms with van der Waals surface area (Å²) in [6, 6.07) is 6.21. The van der Waals surface area contributed by atoms with Crippen molar-refractivity contribution in [3.63, 3.8) is 0 Å². The van der Waals surface area contributed by atoms with Gasteiger partial charge in [-0.2, -0.15) is 0 Å². The van der Waals surface area contributed by atoms with Gasteiger partial charge in [0.15, 0.2) is 11.6 Å². The maximum Gasteiger partial charge on any atom is 0.201 e. The smallest absolute Gasteiger partial charge is 0.201 e. The molecule has 2 N–H and O–H groups in total. The lowest BCUT2D eigenvalue weighted by atomic mass is 10.2. The molecule has 0 aliphatic carbocycles. The first-order valence-electron chi connectivity index (χ1n) is 6.15. The van der Waals surface area contributed by atoms with Crippen LogP contribution in [0.1, 0.15) is 5.56 Å². The van der Waals surface area contributed by atoms with Gasteiger partial charge >= 0.3 is 0 Å². The molecule has 3 rings (SSSR count). The van der Waals surface area contributed by atoms with E-state index in [1.165, 1.54) is 10.6 Å². The lowest BCUT2D eigenvalue weighted by Crippen LogP contribution is -2.07. The number of halogens is 2. The van der Waals surface area contributed by atoms with Crippen LogP contribution in [0.15, 0.2) is 36.7 Å². The highest BCUT2D eigenvalue weighted by Gasteiger charge is 2.15. The number of aromatic nitrogens is 3. The molecule has 102 valence electrons. The standard InChI is InChI=1S/C14H12F2N4/c15-10-1-2-11-13(12(10)16)20(14(17)19-11)8-5-9-3-6-18-7-4-9/h1-4,6-7H,5,8H2,(H2,17,19). The van der Waals surface area contributed by atoms with Crippen LogP contribution in [0.25, 0.3) is 11.0 Å². The molecular formula is C14H12F2N4. The van der Waals surface area contributed by atoms with Gasteiger partial charge in [-0.25, -0.2) is 13.8 Å². The van der Waals surface area contributed by atoms with E-state index < -0.39 is 11.6 Å². The third-order valence-corrected chi connectivity index (χ3v) is 3.20. The van der Waals surface area contributed by atoms with Crippen molar-refractivity contribution in [2.24, 2.45) is 0 Å². The molecule has 4 nitrogen and oxygen atoms in total. The predicted molar refractivity (Wildman–Crippen MR) is 72.0 cm³/mol. The van der Waals surface area contributed by atoms with Crippen molar-refractivity contribution < 1.29 is 8.78 Å². The number of hydrogen-bond acceptors (Lipinski definition) is 3. The van der Waals surface area contributed by atoms with Crippen molar-refractivity contribution in [1.29, 1.82) is 0 Å². The number of nitrogen functional groups attached to an aromatic ring is 1. The summed E-state index contributed by atoms with van der Waals surface area (Å²) < 4.78 is 28.7. The average molecular weight is 274 g/mol. The minimum absolute atomic E-state index is 0.108. The van der Waals surface area contributed by atoms with E-state index in [1.807, 2.05) is 12.1 Å². The maximum absolute atomic E-state index is 13.9. The van der Waals surface area contributed by atoms with Crippen LogP contribution in [-0.4, -0.2) is 14.5 Å². The number of imidazole rings is 1. The van der Waals surface area contributed by atoms with E-state index in [4.69, 9.17) is 5.73 Å². The molecule has 2 aromatic heterocycles. The number of rotatable bonds is 3. The first-order chi connectivity index (χ1) is 9.66. The summed E-state index contributed by atoms with van der Waals surface area (Å²) >= 11 is 0. The number of anilines is 1. The zero-order chi connectivity index (χ0) is 14.1. The van der Waals surface area contributed by atoms with E-state index in [2.05, 4.69) is 9.97 Å². The summed E-state index contributed by atoms with van der Waals surface area (Å²) in [5.74, 6) is -1.64. The fourth-order valence-electron chi connectivity index (χ4n) is 2.19. The van der Waals surface area contributed by atoms with Crippen molar-refractivity contribution in [3.8, 4) is 0 Å². The molecule has 0 radical (unpaired) electrons. The van der Waals surface area contributed by atoms with Crippen LogP contribution in [0.3, 0.4) is 0 Å². The van der Waals surface area contributed by atoms with Crippen LogP contribution >= 0.6 is 0 Å². The average Bonchev–Trinajstić information content (AvgIpc) is 2.78. The zero-order valence-corrected chi connectivity index (χ0v) is 10.6. The predicted octanol–water partition coefficient (Wildman–Crippen LogP) is 2.53. The fraction of sp³-hybridized carbons (Fsp3) is 0.143. The molecule has 20 heavy (non-hydrogen) atoms. The molecule has 6 heteroatoms. The number of benzene rings is 1. The number of aryl methyl sites for hydroxylation is 2. The van der Waals surface area contributed by atoms with E-state index in [1.54, 1.807) is 12.4 Å². The first kappa shape index (κ1) is 12.5. The SMILES string of the molecule is Nc1nc2ccc(F)c(F)c2n1CCc1ccncc1. The Morgan fingerprint density at radius 2 is 1.85 bits per heavy atom. The van der Waals surface area contributed by atoms with Crippen LogP contribution in [-0.2, 0) is 13.0 Å². The Morgan fingerprint density at radius 3 is 2.60 bits per heavy atom. The summed E-state index contributed by atoms with van der Waals surface area (Å²) in [7, 11) is 0. The molecule has 2 heterocycles. The molecule has 0 unspecified atom stereocenters. The van der Waals surface area contributed by atoms with E-state index in [9.17, 15) is 8.78 Å². The zero-order valence-electron chi connectivity index (χ0n) is 10.6. The van der Waals surface area contributed by atoms with Crippen molar-refractivity contribution in [3.05, 3.63) is 53.9 Å². The first-order valence-corrected chi connectivity index (χ1v) is 6.15. The molecule has 0 fully saturated rings. The van der Waals surface area contributed by atoms with Crippen molar-refractivity contribution in [1.82, 2.24) is 14.5 Å². The highest BCUT2D eigenvalue weighted by Crippen LogP contribution is 2.23. The van der Waals surface area contributed by atoms with E-state index in [0.29, 0.717) is 18.5 Å². The maximum atomic E-state index is 13.9. The van der Waals surface area contributed by atoms with Crippen LogP contribution in [0.5, 0.6) is 0 Å². The topological polar surface area (TPSA) is 56.7 Å². The Kier molecular flexibility index (Phi) is 3.06. The lowest BCUT2D eigenvalue weighted by Gasteiger charge is -2.07. The van der Waals surface area contributed by atoms with Crippen LogP contribution in [0.4, 0.5) is 14.7 Å². The highest BCUT2D eigenvalue weighted by molar-refractivity contribution is 5.79. The summed E-state index contributed by atoms with van der Waals surface area (Å²) in [6.07, 6.45) is 4.00. The van der Waals surface area contributed by atoms with Gasteiger partial charge in [-0.1, -0.05) is 0 Å². The molecule has 0 saturated heterocycles. The normalized spacial score (nSPS) is 11.1. The van der Waals surface area contributed by atoms with Gasteiger partial charge < -0.3 is 10.3 Å². The van der Waals surface area contributed by atoms with Gasteiger partial charge in [-0.15, -0.1) is 0 Å². The van der Waals surface area contributed by atoms with Crippen LogP contribution < -0.4 is 5.73 Å². The van der Waals surface area contributed by atoms with E-state index in [-0.39, 0.29) is 11.5 Å². The third-order valence-electron chi connectivity index (χ3n) is 3.20. The van der Waals surface area contributed by atoms with Gasteiger partial charge in [0.1, 0.15) is 5.52 Å². The van der Waals surface area contributed by atoms with E-state index in [0.717, 1.165) is 11.6 Å². The van der Waals surface area contributed by atoms with Crippen LogP contribution in [0.2, 0.25) is 0 Å². The molecule has 0 saturated carbocycles. The van der Waals surface area contributed by atoms with Gasteiger partial charge in [0.2, 0.25) is 5.95 Å². The van der Waals surface area contributed by atoms with Gasteiger partial charge in [-0.05, 0) is 36.2 Å². The van der Waals surface area contributed by atoms with Gasteiger partial charge in [0, 0.05) is 18.9 Å². The monoisotopic (exact) mass is 274 g/mol.